The van der Waals surface area contributed by atoms with Crippen LogP contribution in [0.4, 0.5) is 0 Å². The second-order valence-electron chi connectivity index (χ2n) is 3.54. The van der Waals surface area contributed by atoms with Gasteiger partial charge in [0.25, 0.3) is 0 Å². The predicted octanol–water partition coefficient (Wildman–Crippen LogP) is 1.46. The van der Waals surface area contributed by atoms with Gasteiger partial charge < -0.3 is 10.8 Å². The molecule has 0 unspecified atom stereocenters. The summed E-state index contributed by atoms with van der Waals surface area (Å²) in [5, 5.41) is 18.3. The second kappa shape index (κ2) is 3.08. The lowest BCUT2D eigenvalue weighted by atomic mass is 9.93. The summed E-state index contributed by atoms with van der Waals surface area (Å²) < 4.78 is 0. The number of nitrogens with zero attached hydrogens (tertiary/aromatic N) is 1. The monoisotopic (exact) mass is 176 g/mol. The highest BCUT2D eigenvalue weighted by Gasteiger charge is 2.19. The third kappa shape index (κ3) is 1.79. The molecular weight excluding hydrogens is 164 g/mol. The summed E-state index contributed by atoms with van der Waals surface area (Å²) >= 11 is 0. The van der Waals surface area contributed by atoms with Gasteiger partial charge >= 0.3 is 0 Å². The van der Waals surface area contributed by atoms with Crippen LogP contribution < -0.4 is 5.73 Å². The fourth-order valence-electron chi connectivity index (χ4n) is 1.15. The van der Waals surface area contributed by atoms with E-state index in [1.54, 1.807) is 32.0 Å². The summed E-state index contributed by atoms with van der Waals surface area (Å²) in [7, 11) is 0. The van der Waals surface area contributed by atoms with Gasteiger partial charge in [-0.15, -0.1) is 0 Å². The molecule has 3 heteroatoms. The molecule has 0 amide bonds. The molecule has 0 aliphatic heterocycles. The van der Waals surface area contributed by atoms with Crippen LogP contribution in [-0.2, 0) is 5.54 Å². The van der Waals surface area contributed by atoms with E-state index >= 15 is 0 Å². The average Bonchev–Trinajstić information content (AvgIpc) is 2.02. The third-order valence-corrected chi connectivity index (χ3v) is 1.85. The largest absolute Gasteiger partial charge is 0.506 e. The Kier molecular flexibility index (Phi) is 2.26. The van der Waals surface area contributed by atoms with Crippen LogP contribution in [0.1, 0.15) is 25.0 Å². The van der Waals surface area contributed by atoms with Crippen molar-refractivity contribution in [3.63, 3.8) is 0 Å². The predicted molar refractivity (Wildman–Crippen MR) is 50.0 cm³/mol. The zero-order chi connectivity index (χ0) is 10.1. The molecule has 0 aliphatic carbocycles. The lowest BCUT2D eigenvalue weighted by Gasteiger charge is -2.20. The van der Waals surface area contributed by atoms with Crippen LogP contribution in [0.5, 0.6) is 5.75 Å². The molecule has 0 saturated heterocycles. The first-order valence-electron chi connectivity index (χ1n) is 3.98. The molecule has 1 rings (SSSR count). The molecular formula is C10H12N2O. The summed E-state index contributed by atoms with van der Waals surface area (Å²) in [4.78, 5) is 0. The van der Waals surface area contributed by atoms with Gasteiger partial charge in [-0.25, -0.2) is 0 Å². The molecule has 0 atom stereocenters. The molecule has 0 aliphatic rings. The van der Waals surface area contributed by atoms with Crippen molar-refractivity contribution in [1.82, 2.24) is 0 Å². The SMILES string of the molecule is CC(C)(N)c1cccc(C#N)c1O. The van der Waals surface area contributed by atoms with Gasteiger partial charge in [0.2, 0.25) is 0 Å². The maximum absolute atomic E-state index is 9.62. The van der Waals surface area contributed by atoms with Crippen LogP contribution in [-0.4, -0.2) is 5.11 Å². The van der Waals surface area contributed by atoms with Crippen LogP contribution >= 0.6 is 0 Å². The van der Waals surface area contributed by atoms with E-state index in [0.29, 0.717) is 5.56 Å². The van der Waals surface area contributed by atoms with E-state index in [1.165, 1.54) is 0 Å². The van der Waals surface area contributed by atoms with Crippen molar-refractivity contribution in [3.8, 4) is 11.8 Å². The Balaban J connectivity index is 3.34. The van der Waals surface area contributed by atoms with Gasteiger partial charge in [0, 0.05) is 11.1 Å². The van der Waals surface area contributed by atoms with Gasteiger partial charge in [-0.3, -0.25) is 0 Å². The molecule has 0 spiro atoms. The molecule has 68 valence electrons. The van der Waals surface area contributed by atoms with Gasteiger partial charge in [0.1, 0.15) is 11.8 Å². The van der Waals surface area contributed by atoms with E-state index < -0.39 is 5.54 Å². The summed E-state index contributed by atoms with van der Waals surface area (Å²) in [6.45, 7) is 3.56. The highest BCUT2D eigenvalue weighted by molar-refractivity contribution is 5.49. The van der Waals surface area contributed by atoms with Gasteiger partial charge in [-0.2, -0.15) is 5.26 Å². The molecule has 1 aromatic rings. The van der Waals surface area contributed by atoms with Crippen molar-refractivity contribution in [1.29, 1.82) is 5.26 Å². The van der Waals surface area contributed by atoms with E-state index in [1.807, 2.05) is 6.07 Å². The summed E-state index contributed by atoms with van der Waals surface area (Å²) in [5.74, 6) is -0.0162. The number of benzene rings is 1. The van der Waals surface area contributed by atoms with Crippen molar-refractivity contribution in [3.05, 3.63) is 29.3 Å². The highest BCUT2D eigenvalue weighted by atomic mass is 16.3. The maximum Gasteiger partial charge on any atom is 0.138 e. The Bertz CT molecular complexity index is 358. The van der Waals surface area contributed by atoms with Gasteiger partial charge in [0.05, 0.1) is 5.56 Å². The van der Waals surface area contributed by atoms with Crippen LogP contribution in [0.3, 0.4) is 0 Å². The first-order valence-corrected chi connectivity index (χ1v) is 3.98. The molecule has 0 heterocycles. The van der Waals surface area contributed by atoms with Crippen LogP contribution in [0.25, 0.3) is 0 Å². The molecule has 3 nitrogen and oxygen atoms in total. The standard InChI is InChI=1S/C10H12N2O/c1-10(2,12)8-5-3-4-7(6-11)9(8)13/h3-5,13H,12H2,1-2H3. The molecule has 13 heavy (non-hydrogen) atoms. The van der Waals surface area contributed by atoms with Gasteiger partial charge in [-0.1, -0.05) is 12.1 Å². The molecule has 0 saturated carbocycles. The van der Waals surface area contributed by atoms with E-state index in [0.717, 1.165) is 0 Å². The first-order chi connectivity index (χ1) is 5.96. The van der Waals surface area contributed by atoms with Crippen LogP contribution in [0, 0.1) is 11.3 Å². The Morgan fingerprint density at radius 1 is 1.46 bits per heavy atom. The van der Waals surface area contributed by atoms with Gasteiger partial charge in [-0.05, 0) is 19.9 Å². The molecule has 3 N–H and O–H groups in total. The van der Waals surface area contributed by atoms with Crippen molar-refractivity contribution < 1.29 is 5.11 Å². The van der Waals surface area contributed by atoms with Crippen molar-refractivity contribution in [2.45, 2.75) is 19.4 Å². The van der Waals surface area contributed by atoms with Crippen LogP contribution in [0.15, 0.2) is 18.2 Å². The molecule has 0 radical (unpaired) electrons. The smallest absolute Gasteiger partial charge is 0.138 e. The number of phenols is 1. The van der Waals surface area contributed by atoms with Gasteiger partial charge in [0.15, 0.2) is 0 Å². The quantitative estimate of drug-likeness (QED) is 0.680. The normalized spacial score (nSPS) is 10.9. The number of nitriles is 1. The fraction of sp³-hybridized carbons (Fsp3) is 0.300. The zero-order valence-corrected chi connectivity index (χ0v) is 7.70. The van der Waals surface area contributed by atoms with E-state index in [2.05, 4.69) is 0 Å². The minimum atomic E-state index is -0.628. The highest BCUT2D eigenvalue weighted by Crippen LogP contribution is 2.29. The maximum atomic E-state index is 9.62. The first kappa shape index (κ1) is 9.56. The number of rotatable bonds is 1. The Hall–Kier alpha value is -1.53. The van der Waals surface area contributed by atoms with Crippen molar-refractivity contribution in [2.24, 2.45) is 5.73 Å². The molecule has 1 aromatic carbocycles. The third-order valence-electron chi connectivity index (χ3n) is 1.85. The minimum absolute atomic E-state index is 0.0162. The Morgan fingerprint density at radius 2 is 2.08 bits per heavy atom. The van der Waals surface area contributed by atoms with Crippen LogP contribution in [0.2, 0.25) is 0 Å². The number of para-hydroxylation sites is 1. The van der Waals surface area contributed by atoms with Crippen molar-refractivity contribution in [2.75, 3.05) is 0 Å². The Labute approximate surface area is 77.4 Å². The zero-order valence-electron chi connectivity index (χ0n) is 7.70. The number of aromatic hydroxyl groups is 1. The molecule has 0 aromatic heterocycles. The lowest BCUT2D eigenvalue weighted by molar-refractivity contribution is 0.439. The number of hydrogen-bond donors (Lipinski definition) is 2. The van der Waals surface area contributed by atoms with E-state index in [-0.39, 0.29) is 11.3 Å². The molecule has 0 fully saturated rings. The number of nitrogens with two attached hydrogens (primary N) is 1. The summed E-state index contributed by atoms with van der Waals surface area (Å²) in [5.41, 5.74) is 6.03. The number of hydrogen-bond acceptors (Lipinski definition) is 3. The summed E-state index contributed by atoms with van der Waals surface area (Å²) in [6.07, 6.45) is 0. The minimum Gasteiger partial charge on any atom is -0.506 e. The van der Waals surface area contributed by atoms with E-state index in [4.69, 9.17) is 11.0 Å². The average molecular weight is 176 g/mol. The Morgan fingerprint density at radius 3 is 2.54 bits per heavy atom. The summed E-state index contributed by atoms with van der Waals surface area (Å²) in [6, 6.07) is 6.89. The lowest BCUT2D eigenvalue weighted by Crippen LogP contribution is -2.28. The van der Waals surface area contributed by atoms with Crippen molar-refractivity contribution >= 4 is 0 Å². The fourth-order valence-corrected chi connectivity index (χ4v) is 1.15. The second-order valence-corrected chi connectivity index (χ2v) is 3.54. The number of phenolic OH excluding ortho intramolecular Hbond substituents is 1. The van der Waals surface area contributed by atoms with E-state index in [9.17, 15) is 5.11 Å². The topological polar surface area (TPSA) is 70.0 Å². The molecule has 0 bridgehead atoms.